The summed E-state index contributed by atoms with van der Waals surface area (Å²) in [6, 6.07) is 15.5. The maximum absolute atomic E-state index is 12.6. The number of carbonyl (C=O) groups excluding carboxylic acids is 1. The third-order valence-corrected chi connectivity index (χ3v) is 4.63. The van der Waals surface area contributed by atoms with Crippen LogP contribution < -0.4 is 10.1 Å². The molecule has 0 fully saturated rings. The first-order chi connectivity index (χ1) is 15.4. The number of nitrogens with zero attached hydrogens (tertiary/aromatic N) is 1. The Balaban J connectivity index is 2.20. The maximum atomic E-state index is 12.6. The zero-order valence-corrected chi connectivity index (χ0v) is 17.7. The number of allylic oxidation sites excluding steroid dienone is 1. The van der Waals surface area contributed by atoms with Gasteiger partial charge in [-0.2, -0.15) is 5.26 Å². The largest absolute Gasteiger partial charge is 0.491 e. The fourth-order valence-corrected chi connectivity index (χ4v) is 3.07. The van der Waals surface area contributed by atoms with Gasteiger partial charge in [0, 0.05) is 17.3 Å². The quantitative estimate of drug-likeness (QED) is 0.447. The van der Waals surface area contributed by atoms with E-state index in [-0.39, 0.29) is 19.1 Å². The lowest BCUT2D eigenvalue weighted by Gasteiger charge is -2.26. The van der Waals surface area contributed by atoms with Gasteiger partial charge in [0.15, 0.2) is 0 Å². The second kappa shape index (κ2) is 12.8. The Morgan fingerprint density at radius 1 is 1.19 bits per heavy atom. The van der Waals surface area contributed by atoms with Crippen molar-refractivity contribution in [3.05, 3.63) is 71.8 Å². The summed E-state index contributed by atoms with van der Waals surface area (Å²) in [6.07, 6.45) is 2.34. The van der Waals surface area contributed by atoms with Crippen LogP contribution in [0.25, 0.3) is 0 Å². The number of rotatable bonds is 11. The molecule has 0 bridgehead atoms. The van der Waals surface area contributed by atoms with Crippen molar-refractivity contribution in [2.75, 3.05) is 18.5 Å². The van der Waals surface area contributed by atoms with Crippen molar-refractivity contribution in [3.63, 3.8) is 0 Å². The molecule has 0 saturated carbocycles. The Morgan fingerprint density at radius 3 is 2.56 bits per heavy atom. The molecule has 2 aromatic carbocycles. The number of carboxylic acid groups (broad SMARTS) is 1. The van der Waals surface area contributed by atoms with E-state index in [0.29, 0.717) is 35.4 Å². The lowest BCUT2D eigenvalue weighted by atomic mass is 9.92. The summed E-state index contributed by atoms with van der Waals surface area (Å²) in [4.78, 5) is 23.3. The van der Waals surface area contributed by atoms with Crippen molar-refractivity contribution in [2.24, 2.45) is 5.92 Å². The van der Waals surface area contributed by atoms with Gasteiger partial charge in [-0.15, -0.1) is 0 Å². The lowest BCUT2D eigenvalue weighted by molar-refractivity contribution is -0.131. The highest BCUT2D eigenvalue weighted by molar-refractivity contribution is 5.84. The molecule has 8 nitrogen and oxygen atoms in total. The molecule has 32 heavy (non-hydrogen) atoms. The molecule has 0 aromatic heterocycles. The molecule has 0 aliphatic carbocycles. The van der Waals surface area contributed by atoms with Gasteiger partial charge in [-0.25, -0.2) is 9.59 Å². The van der Waals surface area contributed by atoms with E-state index in [0.717, 1.165) is 6.08 Å². The number of nitriles is 1. The number of anilines is 1. The van der Waals surface area contributed by atoms with Crippen LogP contribution in [0.2, 0.25) is 0 Å². The molecule has 3 N–H and O–H groups in total. The predicted octanol–water partition coefficient (Wildman–Crippen LogP) is 4.28. The third-order valence-electron chi connectivity index (χ3n) is 4.63. The monoisotopic (exact) mass is 438 g/mol. The van der Waals surface area contributed by atoms with E-state index in [9.17, 15) is 9.59 Å². The fourth-order valence-electron chi connectivity index (χ4n) is 3.07. The molecule has 2 rings (SSSR count). The molecule has 1 amide bonds. The fraction of sp³-hybridized carbons (Fsp3) is 0.292. The molecule has 0 heterocycles. The van der Waals surface area contributed by atoms with Gasteiger partial charge in [-0.1, -0.05) is 31.2 Å². The van der Waals surface area contributed by atoms with E-state index in [1.165, 1.54) is 0 Å². The topological polar surface area (TPSA) is 129 Å². The number of aliphatic hydroxyl groups is 1. The average molecular weight is 438 g/mol. The zero-order valence-electron chi connectivity index (χ0n) is 17.7. The van der Waals surface area contributed by atoms with Gasteiger partial charge < -0.3 is 19.7 Å². The van der Waals surface area contributed by atoms with E-state index < -0.39 is 18.2 Å². The average Bonchev–Trinajstić information content (AvgIpc) is 2.79. The number of nitrogens with one attached hydrogen (secondary N) is 1. The van der Waals surface area contributed by atoms with E-state index >= 15 is 0 Å². The zero-order chi connectivity index (χ0) is 23.3. The van der Waals surface area contributed by atoms with Gasteiger partial charge >= 0.3 is 12.1 Å². The Morgan fingerprint density at radius 2 is 1.91 bits per heavy atom. The van der Waals surface area contributed by atoms with E-state index in [1.54, 1.807) is 54.6 Å². The standard InChI is InChI=1S/C24H26N2O6/c1-17(6-2-5-9-22(28)29)23(20-7-3-4-8-21(20)31-15-14-27)32-24(30)26-19-12-10-18(16-25)11-13-19/h3-5,7-13,17,23,27H,2,6,14-15H2,1H3,(H,26,30)(H,28,29)/b9-5+/t17-,23-/m1/s1. The molecular formula is C24H26N2O6. The number of ether oxygens (including phenoxy) is 2. The van der Waals surface area contributed by atoms with Crippen LogP contribution in [0.3, 0.4) is 0 Å². The Hall–Kier alpha value is -3.83. The molecule has 0 aliphatic heterocycles. The van der Waals surface area contributed by atoms with Gasteiger partial charge in [-0.3, -0.25) is 5.32 Å². The summed E-state index contributed by atoms with van der Waals surface area (Å²) in [5.41, 5.74) is 1.60. The van der Waals surface area contributed by atoms with E-state index in [1.807, 2.05) is 13.0 Å². The van der Waals surface area contributed by atoms with E-state index in [4.69, 9.17) is 24.9 Å². The normalized spacial score (nSPS) is 12.5. The smallest absolute Gasteiger partial charge is 0.412 e. The van der Waals surface area contributed by atoms with Crippen LogP contribution in [0.5, 0.6) is 5.75 Å². The van der Waals surface area contributed by atoms with Gasteiger partial charge in [0.05, 0.1) is 18.2 Å². The van der Waals surface area contributed by atoms with Gasteiger partial charge in [0.2, 0.25) is 0 Å². The molecule has 0 saturated heterocycles. The molecule has 0 radical (unpaired) electrons. The minimum atomic E-state index is -1.02. The highest BCUT2D eigenvalue weighted by atomic mass is 16.6. The van der Waals surface area contributed by atoms with Crippen molar-refractivity contribution in [3.8, 4) is 11.8 Å². The Kier molecular flexibility index (Phi) is 9.75. The Labute approximate surface area is 186 Å². The van der Waals surface area contributed by atoms with Crippen molar-refractivity contribution >= 4 is 17.7 Å². The SMILES string of the molecule is C[C@H](CC/C=C/C(=O)O)[C@@H](OC(=O)Nc1ccc(C#N)cc1)c1ccccc1OCCO. The van der Waals surface area contributed by atoms with Crippen LogP contribution in [0.4, 0.5) is 10.5 Å². The number of hydrogen-bond donors (Lipinski definition) is 3. The second-order valence-electron chi connectivity index (χ2n) is 7.05. The number of hydrogen-bond acceptors (Lipinski definition) is 6. The summed E-state index contributed by atoms with van der Waals surface area (Å²) in [5.74, 6) is -0.695. The van der Waals surface area contributed by atoms with Gasteiger partial charge in [0.25, 0.3) is 0 Å². The Bertz CT molecular complexity index is 965. The number of para-hydroxylation sites is 1. The first-order valence-corrected chi connectivity index (χ1v) is 10.1. The number of carboxylic acids is 1. The van der Waals surface area contributed by atoms with Crippen LogP contribution in [-0.2, 0) is 9.53 Å². The number of carbonyl (C=O) groups is 2. The number of benzene rings is 2. The van der Waals surface area contributed by atoms with Crippen LogP contribution in [0.15, 0.2) is 60.7 Å². The van der Waals surface area contributed by atoms with Crippen molar-refractivity contribution < 1.29 is 29.3 Å². The van der Waals surface area contributed by atoms with Crippen LogP contribution in [0, 0.1) is 17.2 Å². The maximum Gasteiger partial charge on any atom is 0.412 e. The summed E-state index contributed by atoms with van der Waals surface area (Å²) in [7, 11) is 0. The summed E-state index contributed by atoms with van der Waals surface area (Å²) in [5, 5.41) is 29.4. The van der Waals surface area contributed by atoms with Crippen molar-refractivity contribution in [1.82, 2.24) is 0 Å². The molecule has 0 aliphatic rings. The first kappa shape index (κ1) is 24.4. The number of aliphatic carboxylic acids is 1. The lowest BCUT2D eigenvalue weighted by Crippen LogP contribution is -2.22. The number of amides is 1. The van der Waals surface area contributed by atoms with Crippen molar-refractivity contribution in [1.29, 1.82) is 5.26 Å². The predicted molar refractivity (Wildman–Crippen MR) is 118 cm³/mol. The first-order valence-electron chi connectivity index (χ1n) is 10.1. The highest BCUT2D eigenvalue weighted by Crippen LogP contribution is 2.35. The summed E-state index contributed by atoms with van der Waals surface area (Å²) >= 11 is 0. The minimum absolute atomic E-state index is 0.0941. The molecular weight excluding hydrogens is 412 g/mol. The molecule has 2 atom stereocenters. The van der Waals surface area contributed by atoms with Gasteiger partial charge in [-0.05, 0) is 49.1 Å². The molecule has 168 valence electrons. The van der Waals surface area contributed by atoms with Gasteiger partial charge in [0.1, 0.15) is 18.5 Å². The third kappa shape index (κ3) is 7.78. The van der Waals surface area contributed by atoms with Crippen LogP contribution >= 0.6 is 0 Å². The summed E-state index contributed by atoms with van der Waals surface area (Å²) in [6.45, 7) is 1.84. The van der Waals surface area contributed by atoms with E-state index in [2.05, 4.69) is 5.32 Å². The van der Waals surface area contributed by atoms with Crippen LogP contribution in [0.1, 0.15) is 37.0 Å². The van der Waals surface area contributed by atoms with Crippen LogP contribution in [-0.4, -0.2) is 35.5 Å². The summed E-state index contributed by atoms with van der Waals surface area (Å²) < 4.78 is 11.4. The second-order valence-corrected chi connectivity index (χ2v) is 7.05. The molecule has 8 heteroatoms. The molecule has 0 spiro atoms. The minimum Gasteiger partial charge on any atom is -0.491 e. The highest BCUT2D eigenvalue weighted by Gasteiger charge is 2.26. The molecule has 2 aromatic rings. The molecule has 0 unspecified atom stereocenters. The van der Waals surface area contributed by atoms with Crippen molar-refractivity contribution in [2.45, 2.75) is 25.9 Å². The number of aliphatic hydroxyl groups excluding tert-OH is 1.